The first-order chi connectivity index (χ1) is 12.0. The first-order valence-corrected chi connectivity index (χ1v) is 8.77. The van der Waals surface area contributed by atoms with E-state index < -0.39 is 6.10 Å². The topological polar surface area (TPSA) is 70.4 Å². The lowest BCUT2D eigenvalue weighted by molar-refractivity contribution is -0.118. The number of carbonyl (C=O) groups excluding carboxylic acids is 1. The van der Waals surface area contributed by atoms with Crippen LogP contribution in [0.2, 0.25) is 0 Å². The molecule has 6 heteroatoms. The second-order valence-corrected chi connectivity index (χ2v) is 6.84. The number of aromatic nitrogens is 2. The van der Waals surface area contributed by atoms with Gasteiger partial charge in [0.15, 0.2) is 0 Å². The Morgan fingerprint density at radius 2 is 2.24 bits per heavy atom. The highest BCUT2D eigenvalue weighted by Gasteiger charge is 2.29. The van der Waals surface area contributed by atoms with Gasteiger partial charge in [0.25, 0.3) is 0 Å². The third-order valence-corrected chi connectivity index (χ3v) is 4.90. The van der Waals surface area contributed by atoms with E-state index in [1.165, 1.54) is 0 Å². The molecule has 3 rings (SSSR count). The van der Waals surface area contributed by atoms with E-state index in [0.29, 0.717) is 18.9 Å². The molecule has 6 nitrogen and oxygen atoms in total. The van der Waals surface area contributed by atoms with Gasteiger partial charge < -0.3 is 15.0 Å². The van der Waals surface area contributed by atoms with E-state index in [2.05, 4.69) is 15.2 Å². The lowest BCUT2D eigenvalue weighted by atomic mass is 9.92. The zero-order valence-corrected chi connectivity index (χ0v) is 14.9. The fraction of sp³-hybridized carbons (Fsp3) is 0.474. The molecular weight excluding hydrogens is 316 g/mol. The summed E-state index contributed by atoms with van der Waals surface area (Å²) in [7, 11) is 1.89. The molecule has 0 bridgehead atoms. The SMILES string of the molecule is Cc1ccccc1NC(=O)CN1CCC[C@H]([C@H](O)c2nccn2C)C1. The molecule has 2 N–H and O–H groups in total. The van der Waals surface area contributed by atoms with Crippen molar-refractivity contribution in [2.24, 2.45) is 13.0 Å². The van der Waals surface area contributed by atoms with Crippen molar-refractivity contribution < 1.29 is 9.90 Å². The van der Waals surface area contributed by atoms with Crippen molar-refractivity contribution in [3.8, 4) is 0 Å². The number of aryl methyl sites for hydroxylation is 2. The highest BCUT2D eigenvalue weighted by atomic mass is 16.3. The number of aliphatic hydroxyl groups is 1. The molecule has 2 heterocycles. The van der Waals surface area contributed by atoms with Crippen LogP contribution in [-0.2, 0) is 11.8 Å². The number of carbonyl (C=O) groups is 1. The second kappa shape index (κ2) is 7.80. The van der Waals surface area contributed by atoms with Crippen molar-refractivity contribution in [1.29, 1.82) is 0 Å². The van der Waals surface area contributed by atoms with Crippen LogP contribution < -0.4 is 5.32 Å². The minimum absolute atomic E-state index is 0.0126. The van der Waals surface area contributed by atoms with E-state index in [0.717, 1.165) is 30.6 Å². The monoisotopic (exact) mass is 342 g/mol. The molecule has 1 aromatic carbocycles. The Morgan fingerprint density at radius 3 is 2.96 bits per heavy atom. The average Bonchev–Trinajstić information content (AvgIpc) is 3.02. The third-order valence-electron chi connectivity index (χ3n) is 4.90. The summed E-state index contributed by atoms with van der Waals surface area (Å²) < 4.78 is 1.86. The van der Waals surface area contributed by atoms with Gasteiger partial charge in [-0.1, -0.05) is 18.2 Å². The normalized spacial score (nSPS) is 19.6. The van der Waals surface area contributed by atoms with Gasteiger partial charge in [-0.3, -0.25) is 9.69 Å². The van der Waals surface area contributed by atoms with Crippen molar-refractivity contribution in [1.82, 2.24) is 14.5 Å². The number of benzene rings is 1. The Kier molecular flexibility index (Phi) is 5.50. The number of nitrogens with zero attached hydrogens (tertiary/aromatic N) is 3. The molecule has 0 radical (unpaired) electrons. The van der Waals surface area contributed by atoms with Gasteiger partial charge in [0.05, 0.1) is 6.54 Å². The maximum Gasteiger partial charge on any atom is 0.238 e. The van der Waals surface area contributed by atoms with Gasteiger partial charge in [0.2, 0.25) is 5.91 Å². The van der Waals surface area contributed by atoms with Crippen LogP contribution in [0.15, 0.2) is 36.7 Å². The molecule has 0 aliphatic carbocycles. The summed E-state index contributed by atoms with van der Waals surface area (Å²) in [5, 5.41) is 13.6. The Bertz CT molecular complexity index is 728. The molecule has 2 aromatic rings. The summed E-state index contributed by atoms with van der Waals surface area (Å²) in [4.78, 5) is 18.7. The number of rotatable bonds is 5. The van der Waals surface area contributed by atoms with Gasteiger partial charge >= 0.3 is 0 Å². The number of piperidine rings is 1. The molecule has 1 aliphatic heterocycles. The smallest absolute Gasteiger partial charge is 0.238 e. The zero-order valence-electron chi connectivity index (χ0n) is 14.9. The fourth-order valence-corrected chi connectivity index (χ4v) is 3.47. The summed E-state index contributed by atoms with van der Waals surface area (Å²) >= 11 is 0. The van der Waals surface area contributed by atoms with Crippen molar-refractivity contribution in [2.75, 3.05) is 25.0 Å². The third kappa shape index (κ3) is 4.27. The number of imidazole rings is 1. The molecule has 1 aromatic heterocycles. The minimum Gasteiger partial charge on any atom is -0.385 e. The summed E-state index contributed by atoms with van der Waals surface area (Å²) in [5.41, 5.74) is 1.91. The molecule has 0 saturated carbocycles. The predicted octanol–water partition coefficient (Wildman–Crippen LogP) is 2.11. The molecule has 0 spiro atoms. The predicted molar refractivity (Wildman–Crippen MR) is 97.1 cm³/mol. The Balaban J connectivity index is 1.57. The van der Waals surface area contributed by atoms with E-state index in [1.54, 1.807) is 6.20 Å². The Hall–Kier alpha value is -2.18. The first-order valence-electron chi connectivity index (χ1n) is 8.77. The van der Waals surface area contributed by atoms with Gasteiger partial charge in [-0.05, 0) is 37.9 Å². The highest BCUT2D eigenvalue weighted by Crippen LogP contribution is 2.28. The highest BCUT2D eigenvalue weighted by molar-refractivity contribution is 5.92. The van der Waals surface area contributed by atoms with E-state index in [4.69, 9.17) is 0 Å². The van der Waals surface area contributed by atoms with Crippen molar-refractivity contribution in [2.45, 2.75) is 25.9 Å². The molecule has 134 valence electrons. The summed E-state index contributed by atoms with van der Waals surface area (Å²) in [5.74, 6) is 0.777. The lowest BCUT2D eigenvalue weighted by Gasteiger charge is -2.34. The van der Waals surface area contributed by atoms with E-state index in [-0.39, 0.29) is 11.8 Å². The molecule has 25 heavy (non-hydrogen) atoms. The Morgan fingerprint density at radius 1 is 1.44 bits per heavy atom. The number of amides is 1. The standard InChI is InChI=1S/C19H26N4O2/c1-14-6-3-4-8-16(14)21-17(24)13-23-10-5-7-15(12-23)18(25)19-20-9-11-22(19)2/h3-4,6,8-9,11,15,18,25H,5,7,10,12-13H2,1-2H3,(H,21,24)/t15-,18-/m0/s1. The summed E-state index contributed by atoms with van der Waals surface area (Å²) in [6, 6.07) is 7.77. The van der Waals surface area contributed by atoms with Crippen LogP contribution in [0.1, 0.15) is 30.3 Å². The number of aliphatic hydroxyl groups excluding tert-OH is 1. The number of likely N-dealkylation sites (tertiary alicyclic amines) is 1. The molecular formula is C19H26N4O2. The van der Waals surface area contributed by atoms with Gasteiger partial charge in [0, 0.05) is 37.6 Å². The summed E-state index contributed by atoms with van der Waals surface area (Å²) in [6.07, 6.45) is 4.87. The van der Waals surface area contributed by atoms with Crippen molar-refractivity contribution in [3.63, 3.8) is 0 Å². The quantitative estimate of drug-likeness (QED) is 0.873. The zero-order chi connectivity index (χ0) is 17.8. The lowest BCUT2D eigenvalue weighted by Crippen LogP contribution is -2.42. The van der Waals surface area contributed by atoms with Crippen molar-refractivity contribution in [3.05, 3.63) is 48.0 Å². The van der Waals surface area contributed by atoms with Crippen molar-refractivity contribution >= 4 is 11.6 Å². The molecule has 1 fully saturated rings. The van der Waals surface area contributed by atoms with E-state index in [9.17, 15) is 9.90 Å². The number of hydrogen-bond acceptors (Lipinski definition) is 4. The van der Waals surface area contributed by atoms with E-state index in [1.807, 2.05) is 49.0 Å². The number of anilines is 1. The van der Waals surface area contributed by atoms with Gasteiger partial charge in [-0.15, -0.1) is 0 Å². The minimum atomic E-state index is -0.595. The van der Waals surface area contributed by atoms with Crippen LogP contribution in [0, 0.1) is 12.8 Å². The molecule has 2 atom stereocenters. The molecule has 1 amide bonds. The molecule has 0 unspecified atom stereocenters. The average molecular weight is 342 g/mol. The van der Waals surface area contributed by atoms with Crippen LogP contribution >= 0.6 is 0 Å². The summed E-state index contributed by atoms with van der Waals surface area (Å²) in [6.45, 7) is 3.91. The van der Waals surface area contributed by atoms with Crippen LogP contribution in [0.25, 0.3) is 0 Å². The van der Waals surface area contributed by atoms with Gasteiger partial charge in [-0.2, -0.15) is 0 Å². The number of para-hydroxylation sites is 1. The largest absolute Gasteiger partial charge is 0.385 e. The maximum atomic E-state index is 12.4. The van der Waals surface area contributed by atoms with Crippen LogP contribution in [0.5, 0.6) is 0 Å². The Labute approximate surface area is 148 Å². The maximum absolute atomic E-state index is 12.4. The fourth-order valence-electron chi connectivity index (χ4n) is 3.47. The molecule has 1 saturated heterocycles. The number of nitrogens with one attached hydrogen (secondary N) is 1. The second-order valence-electron chi connectivity index (χ2n) is 6.84. The van der Waals surface area contributed by atoms with Crippen LogP contribution in [-0.4, -0.2) is 45.1 Å². The van der Waals surface area contributed by atoms with Gasteiger partial charge in [-0.25, -0.2) is 4.98 Å². The van der Waals surface area contributed by atoms with E-state index >= 15 is 0 Å². The first kappa shape index (κ1) is 17.6. The molecule has 1 aliphatic rings. The van der Waals surface area contributed by atoms with Gasteiger partial charge in [0.1, 0.15) is 11.9 Å². The van der Waals surface area contributed by atoms with Crippen LogP contribution in [0.4, 0.5) is 5.69 Å². The van der Waals surface area contributed by atoms with Crippen LogP contribution in [0.3, 0.4) is 0 Å². The number of hydrogen-bond donors (Lipinski definition) is 2.